The van der Waals surface area contributed by atoms with Crippen LogP contribution in [0.5, 0.6) is 0 Å². The lowest BCUT2D eigenvalue weighted by atomic mass is 10.1. The van der Waals surface area contributed by atoms with Crippen LogP contribution in [-0.4, -0.2) is 26.9 Å². The molecule has 1 N–H and O–H groups in total. The van der Waals surface area contributed by atoms with Gasteiger partial charge in [0.15, 0.2) is 15.2 Å². The molecular formula is C20H44AlO. The van der Waals surface area contributed by atoms with Crippen molar-refractivity contribution in [3.05, 3.63) is 0 Å². The summed E-state index contributed by atoms with van der Waals surface area (Å²) in [5.41, 5.74) is 0. The first-order valence-electron chi connectivity index (χ1n) is 10.3. The number of aliphatic hydroxyl groups excluding tert-OH is 1. The van der Waals surface area contributed by atoms with E-state index in [0.29, 0.717) is 6.61 Å². The van der Waals surface area contributed by atoms with Gasteiger partial charge in [0.1, 0.15) is 0 Å². The third-order valence-electron chi connectivity index (χ3n) is 4.04. The van der Waals surface area contributed by atoms with Crippen molar-refractivity contribution in [1.29, 1.82) is 0 Å². The summed E-state index contributed by atoms with van der Waals surface area (Å²) in [6.07, 6.45) is 19.2. The van der Waals surface area contributed by atoms with E-state index in [1.165, 1.54) is 83.5 Å². The molecule has 1 radical (unpaired) electrons. The van der Waals surface area contributed by atoms with Gasteiger partial charge in [0.2, 0.25) is 0 Å². The monoisotopic (exact) mass is 327 g/mol. The molecule has 1 nitrogen and oxygen atoms in total. The summed E-state index contributed by atoms with van der Waals surface area (Å²) in [5, 5.41) is 11.5. The maximum absolute atomic E-state index is 8.42. The Labute approximate surface area is 148 Å². The second-order valence-corrected chi connectivity index (χ2v) is 8.21. The van der Waals surface area contributed by atoms with Gasteiger partial charge >= 0.3 is 0 Å². The third-order valence-corrected chi connectivity index (χ3v) is 5.67. The summed E-state index contributed by atoms with van der Waals surface area (Å²) in [6.45, 7) is 7.16. The molecule has 0 fully saturated rings. The predicted molar refractivity (Wildman–Crippen MR) is 104 cm³/mol. The predicted octanol–water partition coefficient (Wildman–Crippen LogP) is 7.03. The molecule has 22 heavy (non-hydrogen) atoms. The van der Waals surface area contributed by atoms with Crippen LogP contribution in [0.2, 0.25) is 10.6 Å². The standard InChI is InChI=1S/C8H18O.2C6H13.Al/c1-2-3-4-5-6-7-8-9;2*1-3-5-6-4-2;/h9H,2-8H2,1H3;2*1,3-6H2,2H3;. The molecule has 0 aromatic heterocycles. The summed E-state index contributed by atoms with van der Waals surface area (Å²) in [7, 11) is 0. The zero-order chi connectivity index (χ0) is 16.7. The molecule has 0 aromatic carbocycles. The zero-order valence-corrected chi connectivity index (χ0v) is 17.2. The molecule has 0 amide bonds. The van der Waals surface area contributed by atoms with Crippen LogP contribution in [0.1, 0.15) is 111 Å². The minimum atomic E-state index is 0.367. The van der Waals surface area contributed by atoms with Crippen molar-refractivity contribution in [2.75, 3.05) is 6.61 Å². The van der Waals surface area contributed by atoms with Gasteiger partial charge in [-0.15, -0.1) is 10.6 Å². The normalized spacial score (nSPS) is 10.2. The first-order chi connectivity index (χ1) is 10.8. The van der Waals surface area contributed by atoms with Crippen molar-refractivity contribution in [2.45, 2.75) is 121 Å². The quantitative estimate of drug-likeness (QED) is 0.238. The maximum atomic E-state index is 8.42. The molecule has 0 saturated carbocycles. The van der Waals surface area contributed by atoms with Crippen molar-refractivity contribution in [3.63, 3.8) is 0 Å². The lowest BCUT2D eigenvalue weighted by Crippen LogP contribution is -1.89. The van der Waals surface area contributed by atoms with Crippen LogP contribution in [0.25, 0.3) is 0 Å². The van der Waals surface area contributed by atoms with Crippen LogP contribution >= 0.6 is 0 Å². The van der Waals surface area contributed by atoms with E-state index < -0.39 is 0 Å². The van der Waals surface area contributed by atoms with Crippen LogP contribution in [0.3, 0.4) is 0 Å². The van der Waals surface area contributed by atoms with Crippen molar-refractivity contribution in [2.24, 2.45) is 0 Å². The SMILES string of the molecule is CCCCCCCCO.CCCCC[CH2][Al][CH2]CCCCC. The topological polar surface area (TPSA) is 20.2 Å². The van der Waals surface area contributed by atoms with Crippen LogP contribution < -0.4 is 0 Å². The van der Waals surface area contributed by atoms with Crippen LogP contribution in [-0.2, 0) is 0 Å². The zero-order valence-electron chi connectivity index (χ0n) is 16.0. The molecule has 0 heterocycles. The molecule has 0 aromatic rings. The van der Waals surface area contributed by atoms with Gasteiger partial charge in [-0.2, -0.15) is 0 Å². The Morgan fingerprint density at radius 2 is 0.864 bits per heavy atom. The summed E-state index contributed by atoms with van der Waals surface area (Å²) in [4.78, 5) is 0. The third kappa shape index (κ3) is 28.6. The lowest BCUT2D eigenvalue weighted by molar-refractivity contribution is 0.282. The highest BCUT2D eigenvalue weighted by molar-refractivity contribution is 6.35. The molecule has 0 rings (SSSR count). The maximum Gasteiger partial charge on any atom is 0.199 e. The summed E-state index contributed by atoms with van der Waals surface area (Å²) in [5.74, 6) is 0. The molecule has 0 spiro atoms. The van der Waals surface area contributed by atoms with Gasteiger partial charge in [0.05, 0.1) is 0 Å². The van der Waals surface area contributed by atoms with Crippen LogP contribution in [0.15, 0.2) is 0 Å². The van der Waals surface area contributed by atoms with E-state index in [4.69, 9.17) is 5.11 Å². The molecule has 133 valence electrons. The van der Waals surface area contributed by atoms with Gasteiger partial charge < -0.3 is 5.11 Å². The Hall–Kier alpha value is 0.492. The first kappa shape index (κ1) is 24.7. The number of aliphatic hydroxyl groups is 1. The molecule has 2 heteroatoms. The minimum absolute atomic E-state index is 0.367. The van der Waals surface area contributed by atoms with E-state index in [1.807, 2.05) is 0 Å². The first-order valence-corrected chi connectivity index (χ1v) is 11.9. The average molecular weight is 328 g/mol. The highest BCUT2D eigenvalue weighted by Gasteiger charge is 1.93. The van der Waals surface area contributed by atoms with Crippen molar-refractivity contribution in [3.8, 4) is 0 Å². The van der Waals surface area contributed by atoms with E-state index in [1.54, 1.807) is 10.6 Å². The average Bonchev–Trinajstić information content (AvgIpc) is 2.54. The largest absolute Gasteiger partial charge is 0.396 e. The lowest BCUT2D eigenvalue weighted by Gasteiger charge is -1.99. The summed E-state index contributed by atoms with van der Waals surface area (Å²) < 4.78 is 0. The molecule has 0 atom stereocenters. The van der Waals surface area contributed by atoms with E-state index >= 15 is 0 Å². The fraction of sp³-hybridized carbons (Fsp3) is 1.00. The van der Waals surface area contributed by atoms with Crippen LogP contribution in [0.4, 0.5) is 0 Å². The summed E-state index contributed by atoms with van der Waals surface area (Å²) in [6, 6.07) is 0. The second kappa shape index (κ2) is 26.4. The number of hydrogen-bond acceptors (Lipinski definition) is 1. The molecule has 0 aliphatic carbocycles. The Morgan fingerprint density at radius 3 is 1.27 bits per heavy atom. The van der Waals surface area contributed by atoms with Crippen LogP contribution in [0, 0.1) is 0 Å². The molecule has 0 aliphatic rings. The Bertz CT molecular complexity index is 146. The Balaban J connectivity index is 0. The molecular weight excluding hydrogens is 283 g/mol. The minimum Gasteiger partial charge on any atom is -0.396 e. The smallest absolute Gasteiger partial charge is 0.199 e. The van der Waals surface area contributed by atoms with E-state index in [9.17, 15) is 0 Å². The van der Waals surface area contributed by atoms with Gasteiger partial charge in [-0.1, -0.05) is 104 Å². The second-order valence-electron chi connectivity index (χ2n) is 6.48. The van der Waals surface area contributed by atoms with Gasteiger partial charge in [0, 0.05) is 6.61 Å². The van der Waals surface area contributed by atoms with E-state index in [-0.39, 0.29) is 0 Å². The molecule has 0 bridgehead atoms. The van der Waals surface area contributed by atoms with E-state index in [0.717, 1.165) is 21.6 Å². The van der Waals surface area contributed by atoms with Crippen molar-refractivity contribution < 1.29 is 5.11 Å². The summed E-state index contributed by atoms with van der Waals surface area (Å²) >= 11 is 0.805. The van der Waals surface area contributed by atoms with Crippen molar-refractivity contribution in [1.82, 2.24) is 0 Å². The molecule has 0 saturated heterocycles. The fourth-order valence-electron chi connectivity index (χ4n) is 2.47. The number of unbranched alkanes of at least 4 members (excludes halogenated alkanes) is 11. The van der Waals surface area contributed by atoms with Crippen molar-refractivity contribution >= 4 is 15.2 Å². The Morgan fingerprint density at radius 1 is 0.500 bits per heavy atom. The fourth-order valence-corrected chi connectivity index (χ4v) is 3.91. The van der Waals surface area contributed by atoms with Gasteiger partial charge in [-0.05, 0) is 6.42 Å². The van der Waals surface area contributed by atoms with Gasteiger partial charge in [-0.25, -0.2) is 0 Å². The molecule has 0 unspecified atom stereocenters. The molecule has 0 aliphatic heterocycles. The highest BCUT2D eigenvalue weighted by Crippen LogP contribution is 2.07. The Kier molecular flexibility index (Phi) is 29.7. The highest BCUT2D eigenvalue weighted by atomic mass is 27.1. The number of hydrogen-bond donors (Lipinski definition) is 1. The van der Waals surface area contributed by atoms with E-state index in [2.05, 4.69) is 20.8 Å². The number of rotatable bonds is 16. The van der Waals surface area contributed by atoms with Gasteiger partial charge in [0.25, 0.3) is 0 Å². The van der Waals surface area contributed by atoms with Gasteiger partial charge in [-0.3, -0.25) is 0 Å².